The summed E-state index contributed by atoms with van der Waals surface area (Å²) in [4.78, 5) is 17.2. The number of imidazole rings is 1. The summed E-state index contributed by atoms with van der Waals surface area (Å²) in [5, 5.41) is 22.7. The lowest BCUT2D eigenvalue weighted by atomic mass is 9.92. The van der Waals surface area contributed by atoms with Gasteiger partial charge >= 0.3 is 0 Å². The number of nitrogens with one attached hydrogen (secondary N) is 1. The molecule has 2 N–H and O–H groups in total. The summed E-state index contributed by atoms with van der Waals surface area (Å²) in [5.41, 5.74) is 0.848. The van der Waals surface area contributed by atoms with Gasteiger partial charge in [-0.05, 0) is 62.1 Å². The monoisotopic (exact) mass is 392 g/mol. The van der Waals surface area contributed by atoms with Crippen molar-refractivity contribution in [1.29, 1.82) is 5.26 Å². The predicted molar refractivity (Wildman–Crippen MR) is 107 cm³/mol. The molecule has 1 aliphatic carbocycles. The highest BCUT2D eigenvalue weighted by molar-refractivity contribution is 5.92. The largest absolute Gasteiger partial charge is 0.385 e. The highest BCUT2D eigenvalue weighted by Crippen LogP contribution is 2.37. The van der Waals surface area contributed by atoms with Crippen LogP contribution >= 0.6 is 0 Å². The lowest BCUT2D eigenvalue weighted by molar-refractivity contribution is -0.120. The van der Waals surface area contributed by atoms with Crippen LogP contribution in [0.1, 0.15) is 49.8 Å². The number of rotatable bonds is 5. The molecule has 1 aliphatic rings. The van der Waals surface area contributed by atoms with Gasteiger partial charge in [0.2, 0.25) is 11.9 Å². The molecule has 1 atom stereocenters. The second-order valence-electron chi connectivity index (χ2n) is 7.71. The summed E-state index contributed by atoms with van der Waals surface area (Å²) >= 11 is 0. The average Bonchev–Trinajstić information content (AvgIpc) is 2.96. The molecule has 0 radical (unpaired) electrons. The standard InChI is InChI=1S/C22H21FN4O2/c1-22(29,15-4-2-5-16(23)11-15)12-20(28)26-21-25-18-9-8-14(13-24)10-19(18)27(21)17-6-3-7-17/h2,4-5,8-11,17,29H,3,6-7,12H2,1H3,(H,25,26,28)/t22-/m1/s1. The van der Waals surface area contributed by atoms with Gasteiger partial charge in [0, 0.05) is 6.04 Å². The Balaban J connectivity index is 1.62. The number of carbonyl (C=O) groups is 1. The number of nitriles is 1. The molecule has 29 heavy (non-hydrogen) atoms. The number of nitrogens with zero attached hydrogens (tertiary/aromatic N) is 3. The summed E-state index contributed by atoms with van der Waals surface area (Å²) < 4.78 is 15.5. The van der Waals surface area contributed by atoms with E-state index >= 15 is 0 Å². The Morgan fingerprint density at radius 3 is 2.83 bits per heavy atom. The van der Waals surface area contributed by atoms with Gasteiger partial charge < -0.3 is 9.67 Å². The zero-order chi connectivity index (χ0) is 20.6. The van der Waals surface area contributed by atoms with Crippen LogP contribution in [-0.2, 0) is 10.4 Å². The topological polar surface area (TPSA) is 90.9 Å². The van der Waals surface area contributed by atoms with Crippen molar-refractivity contribution in [1.82, 2.24) is 9.55 Å². The minimum absolute atomic E-state index is 0.216. The summed E-state index contributed by atoms with van der Waals surface area (Å²) in [6.07, 6.45) is 2.82. The maximum atomic E-state index is 13.5. The average molecular weight is 392 g/mol. The lowest BCUT2D eigenvalue weighted by Gasteiger charge is -2.29. The summed E-state index contributed by atoms with van der Waals surface area (Å²) in [5.74, 6) is -0.487. The molecular formula is C22H21FN4O2. The maximum absolute atomic E-state index is 13.5. The van der Waals surface area contributed by atoms with Gasteiger partial charge in [-0.25, -0.2) is 9.37 Å². The molecule has 6 nitrogen and oxygen atoms in total. The van der Waals surface area contributed by atoms with Crippen molar-refractivity contribution < 1.29 is 14.3 Å². The molecule has 0 unspecified atom stereocenters. The Kier molecular flexibility index (Phi) is 4.81. The summed E-state index contributed by atoms with van der Waals surface area (Å²) in [6, 6.07) is 13.2. The van der Waals surface area contributed by atoms with Crippen LogP contribution in [0.3, 0.4) is 0 Å². The SMILES string of the molecule is C[C@@](O)(CC(=O)Nc1nc2ccc(C#N)cc2n1C1CCC1)c1cccc(F)c1. The predicted octanol–water partition coefficient (Wildman–Crippen LogP) is 4.01. The Hall–Kier alpha value is -3.24. The van der Waals surface area contributed by atoms with Crippen LogP contribution in [0.5, 0.6) is 0 Å². The van der Waals surface area contributed by atoms with Gasteiger partial charge in [0.25, 0.3) is 0 Å². The first-order valence-electron chi connectivity index (χ1n) is 9.58. The Morgan fingerprint density at radius 1 is 1.38 bits per heavy atom. The molecule has 1 heterocycles. The number of hydrogen-bond acceptors (Lipinski definition) is 4. The van der Waals surface area contributed by atoms with Crippen LogP contribution in [0, 0.1) is 17.1 Å². The molecular weight excluding hydrogens is 371 g/mol. The van der Waals surface area contributed by atoms with Crippen LogP contribution < -0.4 is 5.32 Å². The molecule has 1 aromatic heterocycles. The van der Waals surface area contributed by atoms with Crippen molar-refractivity contribution in [3.8, 4) is 6.07 Å². The third kappa shape index (κ3) is 3.71. The Bertz CT molecular complexity index is 1130. The number of benzene rings is 2. The number of anilines is 1. The van der Waals surface area contributed by atoms with E-state index in [1.165, 1.54) is 25.1 Å². The maximum Gasteiger partial charge on any atom is 0.229 e. The van der Waals surface area contributed by atoms with Crippen molar-refractivity contribution in [3.63, 3.8) is 0 Å². The Labute approximate surface area is 167 Å². The molecule has 3 aromatic rings. The molecule has 7 heteroatoms. The normalized spacial score (nSPS) is 16.1. The zero-order valence-electron chi connectivity index (χ0n) is 16.0. The van der Waals surface area contributed by atoms with Gasteiger partial charge in [0.1, 0.15) is 5.82 Å². The third-order valence-corrected chi connectivity index (χ3v) is 5.46. The van der Waals surface area contributed by atoms with Crippen LogP contribution in [0.15, 0.2) is 42.5 Å². The molecule has 0 saturated heterocycles. The second kappa shape index (κ2) is 7.30. The van der Waals surface area contributed by atoms with Gasteiger partial charge in [-0.1, -0.05) is 12.1 Å². The van der Waals surface area contributed by atoms with E-state index in [0.717, 1.165) is 24.8 Å². The van der Waals surface area contributed by atoms with Gasteiger partial charge in [0.05, 0.1) is 34.7 Å². The first-order chi connectivity index (χ1) is 13.9. The van der Waals surface area contributed by atoms with Crippen molar-refractivity contribution >= 4 is 22.9 Å². The molecule has 0 aliphatic heterocycles. The molecule has 0 spiro atoms. The fourth-order valence-electron chi connectivity index (χ4n) is 3.67. The van der Waals surface area contributed by atoms with Crippen molar-refractivity contribution in [2.45, 2.75) is 44.2 Å². The minimum Gasteiger partial charge on any atom is -0.385 e. The van der Waals surface area contributed by atoms with E-state index in [4.69, 9.17) is 0 Å². The van der Waals surface area contributed by atoms with Gasteiger partial charge in [0.15, 0.2) is 0 Å². The number of hydrogen-bond donors (Lipinski definition) is 2. The number of amides is 1. The number of carbonyl (C=O) groups excluding carboxylic acids is 1. The van der Waals surface area contributed by atoms with E-state index in [1.807, 2.05) is 4.57 Å². The number of fused-ring (bicyclic) bond motifs is 1. The molecule has 148 valence electrons. The van der Waals surface area contributed by atoms with E-state index in [-0.39, 0.29) is 12.5 Å². The number of aliphatic hydroxyl groups is 1. The highest BCUT2D eigenvalue weighted by Gasteiger charge is 2.30. The van der Waals surface area contributed by atoms with E-state index in [2.05, 4.69) is 16.4 Å². The van der Waals surface area contributed by atoms with E-state index < -0.39 is 17.3 Å². The minimum atomic E-state index is -1.52. The van der Waals surface area contributed by atoms with Gasteiger partial charge in [-0.3, -0.25) is 10.1 Å². The van der Waals surface area contributed by atoms with Crippen molar-refractivity contribution in [2.75, 3.05) is 5.32 Å². The van der Waals surface area contributed by atoms with Crippen LogP contribution in [0.4, 0.5) is 10.3 Å². The van der Waals surface area contributed by atoms with E-state index in [0.29, 0.717) is 22.6 Å². The highest BCUT2D eigenvalue weighted by atomic mass is 19.1. The number of aromatic nitrogens is 2. The lowest BCUT2D eigenvalue weighted by Crippen LogP contribution is -2.30. The smallest absolute Gasteiger partial charge is 0.229 e. The number of halogens is 1. The molecule has 0 bridgehead atoms. The first-order valence-corrected chi connectivity index (χ1v) is 9.58. The van der Waals surface area contributed by atoms with Gasteiger partial charge in [-0.2, -0.15) is 5.26 Å². The van der Waals surface area contributed by atoms with E-state index in [9.17, 15) is 19.6 Å². The van der Waals surface area contributed by atoms with E-state index in [1.54, 1.807) is 24.3 Å². The van der Waals surface area contributed by atoms with Crippen molar-refractivity contribution in [2.24, 2.45) is 0 Å². The first kappa shape index (κ1) is 19.1. The Morgan fingerprint density at radius 2 is 2.17 bits per heavy atom. The molecule has 1 fully saturated rings. The van der Waals surface area contributed by atoms with Crippen molar-refractivity contribution in [3.05, 3.63) is 59.4 Å². The quantitative estimate of drug-likeness (QED) is 0.686. The summed E-state index contributed by atoms with van der Waals surface area (Å²) in [7, 11) is 0. The molecule has 4 rings (SSSR count). The third-order valence-electron chi connectivity index (χ3n) is 5.46. The summed E-state index contributed by atoms with van der Waals surface area (Å²) in [6.45, 7) is 1.48. The molecule has 1 saturated carbocycles. The van der Waals surface area contributed by atoms with Crippen LogP contribution in [-0.4, -0.2) is 20.6 Å². The fraction of sp³-hybridized carbons (Fsp3) is 0.318. The van der Waals surface area contributed by atoms with Gasteiger partial charge in [-0.15, -0.1) is 0 Å². The van der Waals surface area contributed by atoms with Crippen LogP contribution in [0.2, 0.25) is 0 Å². The molecule has 1 amide bonds. The molecule has 2 aromatic carbocycles. The van der Waals surface area contributed by atoms with Crippen LogP contribution in [0.25, 0.3) is 11.0 Å². The zero-order valence-corrected chi connectivity index (χ0v) is 16.0. The fourth-order valence-corrected chi connectivity index (χ4v) is 3.67. The second-order valence-corrected chi connectivity index (χ2v) is 7.71.